The van der Waals surface area contributed by atoms with Gasteiger partial charge >= 0.3 is 0 Å². The number of carbonyl (C=O) groups is 1. The third kappa shape index (κ3) is 4.80. The average Bonchev–Trinajstić information content (AvgIpc) is 2.11. The summed E-state index contributed by atoms with van der Waals surface area (Å²) in [6, 6.07) is 0. The number of ketones is 1. The largest absolute Gasteiger partial charge is 0.370 e. The molecule has 0 rings (SSSR count). The maximum atomic E-state index is 11.4. The number of ether oxygens (including phenoxy) is 1. The standard InChI is InChI=1S/C10H19NO2/c1-4-9(10(12)8(2)3)13-7-5-6-11/h9H,2,4-7,11H2,1,3H3. The zero-order valence-corrected chi connectivity index (χ0v) is 8.51. The molecule has 0 aliphatic rings. The van der Waals surface area contributed by atoms with E-state index in [1.165, 1.54) is 0 Å². The molecule has 0 aromatic rings. The Morgan fingerprint density at radius 1 is 1.62 bits per heavy atom. The third-order valence-electron chi connectivity index (χ3n) is 1.75. The molecule has 2 N–H and O–H groups in total. The molecule has 0 aromatic carbocycles. The van der Waals surface area contributed by atoms with E-state index in [-0.39, 0.29) is 11.9 Å². The van der Waals surface area contributed by atoms with Gasteiger partial charge in [-0.2, -0.15) is 0 Å². The first-order valence-corrected chi connectivity index (χ1v) is 4.64. The number of rotatable bonds is 7. The fraction of sp³-hybridized carbons (Fsp3) is 0.700. The summed E-state index contributed by atoms with van der Waals surface area (Å²) in [4.78, 5) is 11.4. The number of Topliss-reactive ketones (excluding diaryl/α,β-unsaturated/α-hetero) is 1. The lowest BCUT2D eigenvalue weighted by molar-refractivity contribution is -0.126. The summed E-state index contributed by atoms with van der Waals surface area (Å²) in [5, 5.41) is 0. The molecule has 0 aliphatic carbocycles. The molecule has 0 radical (unpaired) electrons. The van der Waals surface area contributed by atoms with Gasteiger partial charge in [0.25, 0.3) is 0 Å². The van der Waals surface area contributed by atoms with E-state index in [0.29, 0.717) is 25.1 Å². The lowest BCUT2D eigenvalue weighted by Gasteiger charge is -2.14. The molecule has 1 atom stereocenters. The lowest BCUT2D eigenvalue weighted by Crippen LogP contribution is -2.25. The van der Waals surface area contributed by atoms with E-state index in [4.69, 9.17) is 10.5 Å². The van der Waals surface area contributed by atoms with Crippen molar-refractivity contribution in [1.29, 1.82) is 0 Å². The van der Waals surface area contributed by atoms with Crippen molar-refractivity contribution in [2.75, 3.05) is 13.2 Å². The van der Waals surface area contributed by atoms with Crippen LogP contribution in [0.5, 0.6) is 0 Å². The molecule has 13 heavy (non-hydrogen) atoms. The second-order valence-corrected chi connectivity index (χ2v) is 3.05. The van der Waals surface area contributed by atoms with Crippen molar-refractivity contribution in [2.45, 2.75) is 32.8 Å². The summed E-state index contributed by atoms with van der Waals surface area (Å²) in [6.07, 6.45) is 1.15. The van der Waals surface area contributed by atoms with Gasteiger partial charge in [-0.3, -0.25) is 4.79 Å². The second-order valence-electron chi connectivity index (χ2n) is 3.05. The van der Waals surface area contributed by atoms with Crippen molar-refractivity contribution >= 4 is 5.78 Å². The third-order valence-corrected chi connectivity index (χ3v) is 1.75. The smallest absolute Gasteiger partial charge is 0.186 e. The highest BCUT2D eigenvalue weighted by atomic mass is 16.5. The minimum absolute atomic E-state index is 0.000443. The van der Waals surface area contributed by atoms with Crippen molar-refractivity contribution in [3.8, 4) is 0 Å². The Hall–Kier alpha value is -0.670. The first-order chi connectivity index (χ1) is 6.13. The van der Waals surface area contributed by atoms with Crippen molar-refractivity contribution in [3.05, 3.63) is 12.2 Å². The predicted octanol–water partition coefficient (Wildman–Crippen LogP) is 1.28. The summed E-state index contributed by atoms with van der Waals surface area (Å²) < 4.78 is 5.36. The average molecular weight is 185 g/mol. The van der Waals surface area contributed by atoms with Gasteiger partial charge in [0.15, 0.2) is 5.78 Å². The Bertz CT molecular complexity index is 178. The Morgan fingerprint density at radius 3 is 2.62 bits per heavy atom. The molecule has 0 bridgehead atoms. The molecule has 0 saturated heterocycles. The van der Waals surface area contributed by atoms with Gasteiger partial charge in [0, 0.05) is 6.61 Å². The van der Waals surface area contributed by atoms with E-state index < -0.39 is 0 Å². The Kier molecular flexibility index (Phi) is 6.45. The molecule has 0 heterocycles. The van der Waals surface area contributed by atoms with Crippen LogP contribution in [-0.2, 0) is 9.53 Å². The van der Waals surface area contributed by atoms with Gasteiger partial charge in [-0.1, -0.05) is 13.5 Å². The number of hydrogen-bond donors (Lipinski definition) is 1. The Balaban J connectivity index is 3.88. The quantitative estimate of drug-likeness (QED) is 0.480. The molecule has 0 aromatic heterocycles. The number of carbonyl (C=O) groups excluding carboxylic acids is 1. The Labute approximate surface area is 79.9 Å². The molecule has 0 spiro atoms. The van der Waals surface area contributed by atoms with E-state index in [9.17, 15) is 4.79 Å². The first-order valence-electron chi connectivity index (χ1n) is 4.64. The molecule has 0 fully saturated rings. The molecular formula is C10H19NO2. The van der Waals surface area contributed by atoms with Crippen molar-refractivity contribution in [3.63, 3.8) is 0 Å². The molecular weight excluding hydrogens is 166 g/mol. The summed E-state index contributed by atoms with van der Waals surface area (Å²) in [5.41, 5.74) is 5.86. The molecule has 0 aliphatic heterocycles. The highest BCUT2D eigenvalue weighted by Gasteiger charge is 2.16. The minimum Gasteiger partial charge on any atom is -0.370 e. The monoisotopic (exact) mass is 185 g/mol. The molecule has 0 amide bonds. The van der Waals surface area contributed by atoms with Gasteiger partial charge in [-0.25, -0.2) is 0 Å². The van der Waals surface area contributed by atoms with Crippen LogP contribution in [0.25, 0.3) is 0 Å². The van der Waals surface area contributed by atoms with Gasteiger partial charge in [-0.05, 0) is 31.9 Å². The van der Waals surface area contributed by atoms with Gasteiger partial charge in [0.05, 0.1) is 0 Å². The first kappa shape index (κ1) is 12.3. The normalized spacial score (nSPS) is 12.5. The maximum Gasteiger partial charge on any atom is 0.186 e. The molecule has 1 unspecified atom stereocenters. The van der Waals surface area contributed by atoms with Gasteiger partial charge in [0.1, 0.15) is 6.10 Å². The van der Waals surface area contributed by atoms with Crippen LogP contribution in [0.4, 0.5) is 0 Å². The van der Waals surface area contributed by atoms with Crippen LogP contribution in [0.15, 0.2) is 12.2 Å². The predicted molar refractivity (Wildman–Crippen MR) is 53.5 cm³/mol. The van der Waals surface area contributed by atoms with Crippen molar-refractivity contribution in [2.24, 2.45) is 5.73 Å². The van der Waals surface area contributed by atoms with Crippen LogP contribution in [0.2, 0.25) is 0 Å². The summed E-state index contributed by atoms with van der Waals surface area (Å²) in [6.45, 7) is 8.37. The maximum absolute atomic E-state index is 11.4. The zero-order chi connectivity index (χ0) is 10.3. The fourth-order valence-electron chi connectivity index (χ4n) is 0.963. The Morgan fingerprint density at radius 2 is 2.23 bits per heavy atom. The highest BCUT2D eigenvalue weighted by molar-refractivity contribution is 5.97. The van der Waals surface area contributed by atoms with Crippen LogP contribution >= 0.6 is 0 Å². The fourth-order valence-corrected chi connectivity index (χ4v) is 0.963. The van der Waals surface area contributed by atoms with E-state index in [1.54, 1.807) is 6.92 Å². The SMILES string of the molecule is C=C(C)C(=O)C(CC)OCCCN. The van der Waals surface area contributed by atoms with Crippen molar-refractivity contribution in [1.82, 2.24) is 0 Å². The van der Waals surface area contributed by atoms with Crippen LogP contribution in [-0.4, -0.2) is 25.0 Å². The number of hydrogen-bond acceptors (Lipinski definition) is 3. The molecule has 3 heteroatoms. The van der Waals surface area contributed by atoms with Crippen LogP contribution in [0, 0.1) is 0 Å². The van der Waals surface area contributed by atoms with Gasteiger partial charge in [-0.15, -0.1) is 0 Å². The van der Waals surface area contributed by atoms with E-state index in [1.807, 2.05) is 6.92 Å². The van der Waals surface area contributed by atoms with E-state index in [0.717, 1.165) is 6.42 Å². The second kappa shape index (κ2) is 6.80. The van der Waals surface area contributed by atoms with Crippen molar-refractivity contribution < 1.29 is 9.53 Å². The van der Waals surface area contributed by atoms with E-state index >= 15 is 0 Å². The number of nitrogens with two attached hydrogens (primary N) is 1. The summed E-state index contributed by atoms with van der Waals surface area (Å²) >= 11 is 0. The van der Waals surface area contributed by atoms with Gasteiger partial charge < -0.3 is 10.5 Å². The topological polar surface area (TPSA) is 52.3 Å². The van der Waals surface area contributed by atoms with E-state index in [2.05, 4.69) is 6.58 Å². The lowest BCUT2D eigenvalue weighted by atomic mass is 10.1. The molecule has 76 valence electrons. The minimum atomic E-state index is -0.330. The van der Waals surface area contributed by atoms with Crippen LogP contribution < -0.4 is 5.73 Å². The molecule has 0 saturated carbocycles. The zero-order valence-electron chi connectivity index (χ0n) is 8.51. The van der Waals surface area contributed by atoms with Crippen LogP contribution in [0.3, 0.4) is 0 Å². The van der Waals surface area contributed by atoms with Gasteiger partial charge in [0.2, 0.25) is 0 Å². The summed E-state index contributed by atoms with van der Waals surface area (Å²) in [5.74, 6) is -0.000443. The molecule has 3 nitrogen and oxygen atoms in total. The summed E-state index contributed by atoms with van der Waals surface area (Å²) in [7, 11) is 0. The van der Waals surface area contributed by atoms with Crippen LogP contribution in [0.1, 0.15) is 26.7 Å². The highest BCUT2D eigenvalue weighted by Crippen LogP contribution is 2.05.